The second kappa shape index (κ2) is 2.67. The molecule has 0 heterocycles. The second-order valence-electron chi connectivity index (χ2n) is 1.94. The lowest BCUT2D eigenvalue weighted by molar-refractivity contribution is 1.18. The Labute approximate surface area is 66.1 Å². The summed E-state index contributed by atoms with van der Waals surface area (Å²) in [5.41, 5.74) is 1.17. The van der Waals surface area contributed by atoms with Gasteiger partial charge in [-0.3, -0.25) is 0 Å². The van der Waals surface area contributed by atoms with Gasteiger partial charge in [0.05, 0.1) is 0 Å². The van der Waals surface area contributed by atoms with Crippen molar-refractivity contribution in [2.45, 2.75) is 16.7 Å². The molecule has 0 radical (unpaired) electrons. The maximum absolute atomic E-state index is 4.23. The standard InChI is InChI=1S/C7H8S2/c1-5-3-2-4-6(8)7(5)9/h2-4,8-9H,1H3. The van der Waals surface area contributed by atoms with Crippen LogP contribution in [0.1, 0.15) is 5.56 Å². The number of rotatable bonds is 0. The molecule has 9 heavy (non-hydrogen) atoms. The Bertz CT molecular complexity index is 198. The number of hydrogen-bond acceptors (Lipinski definition) is 2. The van der Waals surface area contributed by atoms with Gasteiger partial charge in [0.25, 0.3) is 0 Å². The zero-order chi connectivity index (χ0) is 6.85. The molecule has 0 aromatic heterocycles. The van der Waals surface area contributed by atoms with E-state index in [-0.39, 0.29) is 0 Å². The molecule has 1 aromatic rings. The molecule has 0 spiro atoms. The Balaban J connectivity index is 3.25. The summed E-state index contributed by atoms with van der Waals surface area (Å²) in [5, 5.41) is 0. The van der Waals surface area contributed by atoms with Crippen LogP contribution in [0.2, 0.25) is 0 Å². The summed E-state index contributed by atoms with van der Waals surface area (Å²) in [5.74, 6) is 0. The van der Waals surface area contributed by atoms with Crippen molar-refractivity contribution in [1.82, 2.24) is 0 Å². The number of benzene rings is 1. The van der Waals surface area contributed by atoms with Crippen molar-refractivity contribution in [1.29, 1.82) is 0 Å². The molecule has 1 rings (SSSR count). The second-order valence-corrected chi connectivity index (χ2v) is 2.87. The summed E-state index contributed by atoms with van der Waals surface area (Å²) in [6.45, 7) is 2.02. The zero-order valence-corrected chi connectivity index (χ0v) is 6.92. The van der Waals surface area contributed by atoms with Gasteiger partial charge in [0, 0.05) is 9.79 Å². The number of thiol groups is 2. The molecule has 0 unspecified atom stereocenters. The van der Waals surface area contributed by atoms with Crippen LogP contribution in [-0.4, -0.2) is 0 Å². The fraction of sp³-hybridized carbons (Fsp3) is 0.143. The first-order valence-electron chi connectivity index (χ1n) is 2.69. The van der Waals surface area contributed by atoms with Gasteiger partial charge in [0.15, 0.2) is 0 Å². The first kappa shape index (κ1) is 7.03. The molecule has 0 nitrogen and oxygen atoms in total. The molecule has 0 atom stereocenters. The van der Waals surface area contributed by atoms with Crippen LogP contribution in [0, 0.1) is 6.92 Å². The van der Waals surface area contributed by atoms with Gasteiger partial charge in [-0.25, -0.2) is 0 Å². The summed E-state index contributed by atoms with van der Waals surface area (Å²) >= 11 is 8.43. The van der Waals surface area contributed by atoms with Crippen LogP contribution in [0.15, 0.2) is 28.0 Å². The summed E-state index contributed by atoms with van der Waals surface area (Å²) in [6, 6.07) is 5.91. The summed E-state index contributed by atoms with van der Waals surface area (Å²) in [6.07, 6.45) is 0. The highest BCUT2D eigenvalue weighted by Crippen LogP contribution is 2.20. The SMILES string of the molecule is Cc1cccc(S)c1S. The summed E-state index contributed by atoms with van der Waals surface area (Å²) in [4.78, 5) is 1.92. The Morgan fingerprint density at radius 1 is 1.22 bits per heavy atom. The van der Waals surface area contributed by atoms with Crippen molar-refractivity contribution < 1.29 is 0 Å². The lowest BCUT2D eigenvalue weighted by Crippen LogP contribution is -1.75. The fourth-order valence-electron chi connectivity index (χ4n) is 0.643. The Morgan fingerprint density at radius 2 is 1.89 bits per heavy atom. The minimum atomic E-state index is 0.943. The molecule has 0 saturated heterocycles. The van der Waals surface area contributed by atoms with E-state index in [1.807, 2.05) is 25.1 Å². The molecular formula is C7H8S2. The highest BCUT2D eigenvalue weighted by atomic mass is 32.1. The van der Waals surface area contributed by atoms with Gasteiger partial charge in [0.2, 0.25) is 0 Å². The monoisotopic (exact) mass is 156 g/mol. The third-order valence-electron chi connectivity index (χ3n) is 1.22. The maximum Gasteiger partial charge on any atom is 0.0203 e. The van der Waals surface area contributed by atoms with Crippen molar-refractivity contribution in [2.24, 2.45) is 0 Å². The minimum absolute atomic E-state index is 0.943. The Kier molecular flexibility index (Phi) is 2.09. The fourth-order valence-corrected chi connectivity index (χ4v) is 1.05. The summed E-state index contributed by atoms with van der Waals surface area (Å²) < 4.78 is 0. The van der Waals surface area contributed by atoms with Gasteiger partial charge in [-0.1, -0.05) is 12.1 Å². The van der Waals surface area contributed by atoms with E-state index >= 15 is 0 Å². The van der Waals surface area contributed by atoms with Gasteiger partial charge in [-0.15, -0.1) is 25.3 Å². The van der Waals surface area contributed by atoms with Crippen LogP contribution in [0.3, 0.4) is 0 Å². The average molecular weight is 156 g/mol. The third-order valence-corrected chi connectivity index (χ3v) is 2.36. The van der Waals surface area contributed by atoms with Gasteiger partial charge >= 0.3 is 0 Å². The molecule has 48 valence electrons. The van der Waals surface area contributed by atoms with E-state index in [0.29, 0.717) is 0 Å². The molecule has 0 aliphatic heterocycles. The Hall–Kier alpha value is -0.0800. The molecule has 0 saturated carbocycles. The maximum atomic E-state index is 4.23. The minimum Gasteiger partial charge on any atom is -0.142 e. The van der Waals surface area contributed by atoms with Crippen LogP contribution in [0.5, 0.6) is 0 Å². The number of aryl methyl sites for hydroxylation is 1. The van der Waals surface area contributed by atoms with Gasteiger partial charge in [-0.05, 0) is 18.6 Å². The smallest absolute Gasteiger partial charge is 0.0203 e. The van der Waals surface area contributed by atoms with Gasteiger partial charge in [0.1, 0.15) is 0 Å². The molecule has 0 N–H and O–H groups in total. The molecule has 2 heteroatoms. The van der Waals surface area contributed by atoms with Crippen molar-refractivity contribution in [3.8, 4) is 0 Å². The average Bonchev–Trinajstić information content (AvgIpc) is 1.83. The van der Waals surface area contributed by atoms with E-state index in [2.05, 4.69) is 25.3 Å². The van der Waals surface area contributed by atoms with Crippen LogP contribution < -0.4 is 0 Å². The van der Waals surface area contributed by atoms with Crippen LogP contribution in [0.4, 0.5) is 0 Å². The predicted octanol–water partition coefficient (Wildman–Crippen LogP) is 2.57. The van der Waals surface area contributed by atoms with E-state index in [1.165, 1.54) is 5.56 Å². The van der Waals surface area contributed by atoms with E-state index < -0.39 is 0 Å². The van der Waals surface area contributed by atoms with Crippen molar-refractivity contribution >= 4 is 25.3 Å². The lowest BCUT2D eigenvalue weighted by Gasteiger charge is -1.98. The van der Waals surface area contributed by atoms with E-state index in [9.17, 15) is 0 Å². The van der Waals surface area contributed by atoms with E-state index in [4.69, 9.17) is 0 Å². The highest BCUT2D eigenvalue weighted by molar-refractivity contribution is 7.83. The molecule has 0 aliphatic carbocycles. The van der Waals surface area contributed by atoms with E-state index in [1.54, 1.807) is 0 Å². The lowest BCUT2D eigenvalue weighted by atomic mass is 10.2. The van der Waals surface area contributed by atoms with Gasteiger partial charge in [-0.2, -0.15) is 0 Å². The first-order chi connectivity index (χ1) is 4.22. The van der Waals surface area contributed by atoms with Crippen LogP contribution >= 0.6 is 25.3 Å². The largest absolute Gasteiger partial charge is 0.142 e. The zero-order valence-electron chi connectivity index (χ0n) is 5.13. The topological polar surface area (TPSA) is 0 Å². The van der Waals surface area contributed by atoms with Gasteiger partial charge < -0.3 is 0 Å². The molecule has 0 amide bonds. The molecular weight excluding hydrogens is 148 g/mol. The predicted molar refractivity (Wildman–Crippen MR) is 45.7 cm³/mol. The molecule has 0 aliphatic rings. The van der Waals surface area contributed by atoms with E-state index in [0.717, 1.165) is 9.79 Å². The summed E-state index contributed by atoms with van der Waals surface area (Å²) in [7, 11) is 0. The van der Waals surface area contributed by atoms with Crippen LogP contribution in [-0.2, 0) is 0 Å². The Morgan fingerprint density at radius 3 is 2.33 bits per heavy atom. The highest BCUT2D eigenvalue weighted by Gasteiger charge is 1.93. The first-order valence-corrected chi connectivity index (χ1v) is 3.59. The quantitative estimate of drug-likeness (QED) is 0.530. The molecule has 1 aromatic carbocycles. The molecule has 0 bridgehead atoms. The molecule has 0 fully saturated rings. The van der Waals surface area contributed by atoms with Crippen molar-refractivity contribution in [2.75, 3.05) is 0 Å². The third kappa shape index (κ3) is 1.43. The normalized spacial score (nSPS) is 9.67. The van der Waals surface area contributed by atoms with Crippen LogP contribution in [0.25, 0.3) is 0 Å². The van der Waals surface area contributed by atoms with Crippen molar-refractivity contribution in [3.05, 3.63) is 23.8 Å². The number of hydrogen-bond donors (Lipinski definition) is 2. The van der Waals surface area contributed by atoms with Crippen molar-refractivity contribution in [3.63, 3.8) is 0 Å².